The van der Waals surface area contributed by atoms with E-state index in [1.54, 1.807) is 16.7 Å². The molecule has 5 nitrogen and oxygen atoms in total. The Balaban J connectivity index is 1.33. The van der Waals surface area contributed by atoms with Gasteiger partial charge in [0.1, 0.15) is 0 Å². The van der Waals surface area contributed by atoms with Gasteiger partial charge in [-0.3, -0.25) is 9.59 Å². The molecule has 6 heteroatoms. The number of hydrogen-bond acceptors (Lipinski definition) is 3. The normalized spacial score (nSPS) is 17.1. The standard InChI is InChI=1S/C23H27N3O2S/c27-22-17-29-21-7-3-2-6-20(21)26(22)16-18-8-10-19(11-9-18)23(28)24-12-15-25-13-4-1-5-14-25/h2-3,6-11H,1,4-5,12-17H2,(H,24,28)/p+1. The molecule has 0 bridgehead atoms. The maximum absolute atomic E-state index is 12.4. The summed E-state index contributed by atoms with van der Waals surface area (Å²) < 4.78 is 0. The van der Waals surface area contributed by atoms with Gasteiger partial charge in [-0.2, -0.15) is 0 Å². The van der Waals surface area contributed by atoms with Crippen LogP contribution in [0.4, 0.5) is 5.69 Å². The molecule has 0 aromatic heterocycles. The highest BCUT2D eigenvalue weighted by Gasteiger charge is 2.24. The topological polar surface area (TPSA) is 53.9 Å². The molecule has 2 aliphatic rings. The third-order valence-corrected chi connectivity index (χ3v) is 6.74. The molecule has 2 aliphatic heterocycles. The lowest BCUT2D eigenvalue weighted by atomic mass is 10.1. The molecule has 1 fully saturated rings. The summed E-state index contributed by atoms with van der Waals surface area (Å²) in [6.45, 7) is 4.68. The van der Waals surface area contributed by atoms with Crippen molar-refractivity contribution in [2.24, 2.45) is 0 Å². The van der Waals surface area contributed by atoms with Crippen molar-refractivity contribution in [3.63, 3.8) is 0 Å². The maximum atomic E-state index is 12.4. The van der Waals surface area contributed by atoms with E-state index in [1.807, 2.05) is 47.4 Å². The average molecular weight is 411 g/mol. The van der Waals surface area contributed by atoms with Gasteiger partial charge < -0.3 is 15.1 Å². The molecular formula is C23H28N3O2S+. The van der Waals surface area contributed by atoms with Crippen LogP contribution in [-0.2, 0) is 11.3 Å². The minimum atomic E-state index is -0.0243. The first-order valence-electron chi connectivity index (χ1n) is 10.4. The summed E-state index contributed by atoms with van der Waals surface area (Å²) in [5.41, 5.74) is 2.66. The van der Waals surface area contributed by atoms with E-state index in [2.05, 4.69) is 11.4 Å². The summed E-state index contributed by atoms with van der Waals surface area (Å²) in [5, 5.41) is 3.04. The zero-order valence-electron chi connectivity index (χ0n) is 16.7. The number of rotatable bonds is 6. The molecule has 0 unspecified atom stereocenters. The van der Waals surface area contributed by atoms with E-state index in [0.29, 0.717) is 24.4 Å². The molecule has 0 radical (unpaired) electrons. The molecule has 0 atom stereocenters. The predicted molar refractivity (Wildman–Crippen MR) is 117 cm³/mol. The van der Waals surface area contributed by atoms with Crippen molar-refractivity contribution >= 4 is 29.3 Å². The minimum absolute atomic E-state index is 0.0243. The summed E-state index contributed by atoms with van der Waals surface area (Å²) >= 11 is 1.59. The summed E-state index contributed by atoms with van der Waals surface area (Å²) in [5.74, 6) is 0.566. The number of nitrogens with one attached hydrogen (secondary N) is 2. The first kappa shape index (κ1) is 20.0. The van der Waals surface area contributed by atoms with Gasteiger partial charge in [0.2, 0.25) is 5.91 Å². The number of fused-ring (bicyclic) bond motifs is 1. The quantitative estimate of drug-likeness (QED) is 0.767. The number of anilines is 1. The Hall–Kier alpha value is -2.31. The molecule has 2 heterocycles. The van der Waals surface area contributed by atoms with Gasteiger partial charge in [0, 0.05) is 10.5 Å². The van der Waals surface area contributed by atoms with Gasteiger partial charge in [0.15, 0.2) is 0 Å². The highest BCUT2D eigenvalue weighted by molar-refractivity contribution is 8.00. The van der Waals surface area contributed by atoms with Crippen molar-refractivity contribution in [2.45, 2.75) is 30.7 Å². The molecule has 2 N–H and O–H groups in total. The number of benzene rings is 2. The fourth-order valence-electron chi connectivity index (χ4n) is 4.03. The SMILES string of the molecule is O=C(NCC[NH+]1CCCCC1)c1ccc(CN2C(=O)CSc3ccccc32)cc1. The number of thioether (sulfide) groups is 1. The van der Waals surface area contributed by atoms with Crippen molar-refractivity contribution in [1.29, 1.82) is 0 Å². The van der Waals surface area contributed by atoms with Crippen molar-refractivity contribution in [3.05, 3.63) is 59.7 Å². The van der Waals surface area contributed by atoms with Crippen LogP contribution in [0, 0.1) is 0 Å². The van der Waals surface area contributed by atoms with Crippen LogP contribution >= 0.6 is 11.8 Å². The fourth-order valence-corrected chi connectivity index (χ4v) is 4.96. The lowest BCUT2D eigenvalue weighted by Crippen LogP contribution is -3.13. The summed E-state index contributed by atoms with van der Waals surface area (Å²) in [6, 6.07) is 15.6. The van der Waals surface area contributed by atoms with Gasteiger partial charge in [0.05, 0.1) is 44.2 Å². The van der Waals surface area contributed by atoms with Gasteiger partial charge >= 0.3 is 0 Å². The third-order valence-electron chi connectivity index (χ3n) is 5.69. The van der Waals surface area contributed by atoms with Crippen LogP contribution in [0.1, 0.15) is 35.2 Å². The number of carbonyl (C=O) groups excluding carboxylic acids is 2. The van der Waals surface area contributed by atoms with E-state index in [1.165, 1.54) is 32.4 Å². The van der Waals surface area contributed by atoms with Crippen LogP contribution in [0.2, 0.25) is 0 Å². The fraction of sp³-hybridized carbons (Fsp3) is 0.391. The first-order chi connectivity index (χ1) is 14.2. The Morgan fingerprint density at radius 2 is 1.79 bits per heavy atom. The number of carbonyl (C=O) groups is 2. The largest absolute Gasteiger partial charge is 0.346 e. The summed E-state index contributed by atoms with van der Waals surface area (Å²) in [7, 11) is 0. The number of para-hydroxylation sites is 1. The number of amides is 2. The van der Waals surface area contributed by atoms with Crippen LogP contribution in [-0.4, -0.2) is 43.7 Å². The van der Waals surface area contributed by atoms with E-state index < -0.39 is 0 Å². The molecule has 2 aromatic rings. The average Bonchev–Trinajstić information content (AvgIpc) is 2.77. The molecule has 29 heavy (non-hydrogen) atoms. The summed E-state index contributed by atoms with van der Waals surface area (Å²) in [6.07, 6.45) is 3.94. The van der Waals surface area contributed by atoms with Gasteiger partial charge in [-0.15, -0.1) is 11.8 Å². The van der Waals surface area contributed by atoms with Crippen LogP contribution in [0.3, 0.4) is 0 Å². The Kier molecular flexibility index (Phi) is 6.52. The Morgan fingerprint density at radius 1 is 1.03 bits per heavy atom. The molecule has 0 spiro atoms. The lowest BCUT2D eigenvalue weighted by Gasteiger charge is -2.29. The molecular weight excluding hydrogens is 382 g/mol. The first-order valence-corrected chi connectivity index (χ1v) is 11.4. The zero-order chi connectivity index (χ0) is 20.1. The number of nitrogens with zero attached hydrogens (tertiary/aromatic N) is 1. The number of likely N-dealkylation sites (tertiary alicyclic amines) is 1. The van der Waals surface area contributed by atoms with E-state index in [9.17, 15) is 9.59 Å². The van der Waals surface area contributed by atoms with Crippen LogP contribution in [0.25, 0.3) is 0 Å². The van der Waals surface area contributed by atoms with E-state index in [4.69, 9.17) is 0 Å². The van der Waals surface area contributed by atoms with Crippen molar-refractivity contribution in [3.8, 4) is 0 Å². The zero-order valence-corrected chi connectivity index (χ0v) is 17.5. The van der Waals surface area contributed by atoms with Crippen molar-refractivity contribution in [1.82, 2.24) is 5.32 Å². The van der Waals surface area contributed by atoms with Crippen LogP contribution < -0.4 is 15.1 Å². The second-order valence-corrected chi connectivity index (χ2v) is 8.77. The van der Waals surface area contributed by atoms with E-state index in [-0.39, 0.29) is 11.8 Å². The van der Waals surface area contributed by atoms with E-state index in [0.717, 1.165) is 22.7 Å². The smallest absolute Gasteiger partial charge is 0.251 e. The van der Waals surface area contributed by atoms with Crippen LogP contribution in [0.15, 0.2) is 53.4 Å². The second kappa shape index (κ2) is 9.46. The minimum Gasteiger partial charge on any atom is -0.346 e. The maximum Gasteiger partial charge on any atom is 0.251 e. The molecule has 0 saturated carbocycles. The monoisotopic (exact) mass is 410 g/mol. The molecule has 4 rings (SSSR count). The van der Waals surface area contributed by atoms with E-state index >= 15 is 0 Å². The highest BCUT2D eigenvalue weighted by Crippen LogP contribution is 2.35. The molecule has 2 aromatic carbocycles. The molecule has 2 amide bonds. The molecule has 0 aliphatic carbocycles. The molecule has 1 saturated heterocycles. The van der Waals surface area contributed by atoms with Crippen molar-refractivity contribution in [2.75, 3.05) is 36.8 Å². The van der Waals surface area contributed by atoms with Crippen molar-refractivity contribution < 1.29 is 14.5 Å². The Bertz CT molecular complexity index is 863. The highest BCUT2D eigenvalue weighted by atomic mass is 32.2. The van der Waals surface area contributed by atoms with Gasteiger partial charge in [-0.05, 0) is 49.1 Å². The molecule has 152 valence electrons. The Labute approximate surface area is 176 Å². The van der Waals surface area contributed by atoms with Gasteiger partial charge in [-0.1, -0.05) is 24.3 Å². The Morgan fingerprint density at radius 3 is 2.59 bits per heavy atom. The number of piperidine rings is 1. The summed E-state index contributed by atoms with van der Waals surface area (Å²) in [4.78, 5) is 29.4. The van der Waals surface area contributed by atoms with Gasteiger partial charge in [0.25, 0.3) is 5.91 Å². The van der Waals surface area contributed by atoms with Gasteiger partial charge in [-0.25, -0.2) is 0 Å². The number of quaternary nitrogens is 1. The number of hydrogen-bond donors (Lipinski definition) is 2. The second-order valence-electron chi connectivity index (χ2n) is 7.75. The lowest BCUT2D eigenvalue weighted by molar-refractivity contribution is -0.903. The predicted octanol–water partition coefficient (Wildman–Crippen LogP) is 2.12. The van der Waals surface area contributed by atoms with Crippen LogP contribution in [0.5, 0.6) is 0 Å². The third kappa shape index (κ3) is 5.00.